The molecule has 31 heavy (non-hydrogen) atoms. The minimum Gasteiger partial charge on any atom is -0.490 e. The van der Waals surface area contributed by atoms with Crippen molar-refractivity contribution in [1.82, 2.24) is 10.2 Å². The molecule has 1 saturated heterocycles. The Bertz CT molecular complexity index is 1100. The van der Waals surface area contributed by atoms with E-state index in [1.54, 1.807) is 6.92 Å². The van der Waals surface area contributed by atoms with Gasteiger partial charge >= 0.3 is 12.0 Å². The minimum absolute atomic E-state index is 0.0270. The van der Waals surface area contributed by atoms with Gasteiger partial charge in [0, 0.05) is 6.07 Å². The molecular formula is C21H17BrFN3O5. The van der Waals surface area contributed by atoms with Crippen LogP contribution in [0.15, 0.2) is 40.9 Å². The Kier molecular flexibility index (Phi) is 6.27. The summed E-state index contributed by atoms with van der Waals surface area (Å²) < 4.78 is 24.3. The summed E-state index contributed by atoms with van der Waals surface area (Å²) in [5, 5.41) is 11.6. The van der Waals surface area contributed by atoms with Crippen molar-refractivity contribution in [2.45, 2.75) is 19.4 Å². The average Bonchev–Trinajstić information content (AvgIpc) is 2.94. The van der Waals surface area contributed by atoms with E-state index in [2.05, 4.69) is 21.2 Å². The van der Waals surface area contributed by atoms with Gasteiger partial charge in [-0.15, -0.1) is 0 Å². The predicted octanol–water partition coefficient (Wildman–Crippen LogP) is 3.23. The molecule has 2 aromatic rings. The Morgan fingerprint density at radius 3 is 2.58 bits per heavy atom. The van der Waals surface area contributed by atoms with E-state index < -0.39 is 35.8 Å². The van der Waals surface area contributed by atoms with Crippen LogP contribution in [0.1, 0.15) is 25.0 Å². The zero-order valence-corrected chi connectivity index (χ0v) is 18.2. The lowest BCUT2D eigenvalue weighted by molar-refractivity contribution is -0.141. The fourth-order valence-electron chi connectivity index (χ4n) is 3.09. The van der Waals surface area contributed by atoms with Crippen LogP contribution in [0.25, 0.3) is 0 Å². The van der Waals surface area contributed by atoms with Crippen molar-refractivity contribution < 1.29 is 28.2 Å². The van der Waals surface area contributed by atoms with Gasteiger partial charge < -0.3 is 14.8 Å². The number of esters is 1. The zero-order valence-electron chi connectivity index (χ0n) is 16.6. The first-order chi connectivity index (χ1) is 14.7. The first-order valence-corrected chi connectivity index (χ1v) is 9.96. The number of nitriles is 1. The molecule has 1 aliphatic heterocycles. The lowest BCUT2D eigenvalue weighted by Crippen LogP contribution is -2.42. The number of nitrogens with zero attached hydrogens (tertiary/aromatic N) is 2. The number of carbonyl (C=O) groups is 3. The molecule has 8 nitrogen and oxygen atoms in total. The van der Waals surface area contributed by atoms with Crippen LogP contribution < -0.4 is 14.8 Å². The second-order valence-corrected chi connectivity index (χ2v) is 7.61. The molecule has 0 aromatic heterocycles. The minimum atomic E-state index is -1.45. The molecule has 0 aliphatic carbocycles. The standard InChI is InChI=1S/C21H17BrFN3O5/c1-3-30-16-9-12(10-24)8-15(22)18(16)31-17(27)11-26-19(28)21(2,25-20(26)29)13-4-6-14(23)7-5-13/h4-9H,3,11H2,1-2H3,(H,25,29). The van der Waals surface area contributed by atoms with E-state index in [-0.39, 0.29) is 18.1 Å². The van der Waals surface area contributed by atoms with Crippen molar-refractivity contribution >= 4 is 33.8 Å². The molecule has 3 rings (SSSR count). The van der Waals surface area contributed by atoms with Gasteiger partial charge in [-0.25, -0.2) is 14.0 Å². The number of urea groups is 1. The highest BCUT2D eigenvalue weighted by molar-refractivity contribution is 9.10. The highest BCUT2D eigenvalue weighted by Gasteiger charge is 2.49. The van der Waals surface area contributed by atoms with Crippen LogP contribution in [0, 0.1) is 17.1 Å². The van der Waals surface area contributed by atoms with Crippen LogP contribution in [-0.2, 0) is 15.1 Å². The quantitative estimate of drug-likeness (QED) is 0.379. The van der Waals surface area contributed by atoms with E-state index in [0.29, 0.717) is 15.6 Å². The van der Waals surface area contributed by atoms with Crippen LogP contribution in [0.4, 0.5) is 9.18 Å². The van der Waals surface area contributed by atoms with Gasteiger partial charge in [0.1, 0.15) is 17.9 Å². The third kappa shape index (κ3) is 4.36. The van der Waals surface area contributed by atoms with E-state index in [9.17, 15) is 18.8 Å². The Labute approximate surface area is 185 Å². The number of hydrogen-bond acceptors (Lipinski definition) is 6. The molecule has 10 heteroatoms. The van der Waals surface area contributed by atoms with Crippen molar-refractivity contribution in [3.8, 4) is 17.6 Å². The van der Waals surface area contributed by atoms with Crippen LogP contribution >= 0.6 is 15.9 Å². The maximum absolute atomic E-state index is 13.2. The SMILES string of the molecule is CCOc1cc(C#N)cc(Br)c1OC(=O)CN1C(=O)NC(C)(c2ccc(F)cc2)C1=O. The summed E-state index contributed by atoms with van der Waals surface area (Å²) in [7, 11) is 0. The summed E-state index contributed by atoms with van der Waals surface area (Å²) >= 11 is 3.23. The lowest BCUT2D eigenvalue weighted by atomic mass is 9.92. The molecule has 160 valence electrons. The number of nitrogens with one attached hydrogen (secondary N) is 1. The first-order valence-electron chi connectivity index (χ1n) is 9.17. The number of rotatable bonds is 6. The largest absolute Gasteiger partial charge is 0.490 e. The Balaban J connectivity index is 1.80. The summed E-state index contributed by atoms with van der Waals surface area (Å²) in [6.07, 6.45) is 0. The van der Waals surface area contributed by atoms with Crippen LogP contribution in [0.5, 0.6) is 11.5 Å². The van der Waals surface area contributed by atoms with E-state index in [0.717, 1.165) is 4.90 Å². The molecule has 0 saturated carbocycles. The van der Waals surface area contributed by atoms with Gasteiger partial charge in [0.25, 0.3) is 5.91 Å². The van der Waals surface area contributed by atoms with Crippen LogP contribution in [-0.4, -0.2) is 36.0 Å². The number of imide groups is 1. The Hall–Kier alpha value is -3.45. The average molecular weight is 490 g/mol. The zero-order chi connectivity index (χ0) is 22.8. The third-order valence-electron chi connectivity index (χ3n) is 4.64. The Morgan fingerprint density at radius 2 is 1.97 bits per heavy atom. The molecule has 0 bridgehead atoms. The molecular weight excluding hydrogens is 473 g/mol. The number of ether oxygens (including phenoxy) is 2. The van der Waals surface area contributed by atoms with Gasteiger partial charge in [0.15, 0.2) is 11.5 Å². The molecule has 1 N–H and O–H groups in total. The number of halogens is 2. The maximum atomic E-state index is 13.2. The van der Waals surface area contributed by atoms with Gasteiger partial charge in [0.05, 0.1) is 22.7 Å². The maximum Gasteiger partial charge on any atom is 0.331 e. The molecule has 1 heterocycles. The summed E-state index contributed by atoms with van der Waals surface area (Å²) in [5.74, 6) is -1.86. The molecule has 0 radical (unpaired) electrons. The number of carbonyl (C=O) groups excluding carboxylic acids is 3. The molecule has 1 aliphatic rings. The van der Waals surface area contributed by atoms with E-state index in [4.69, 9.17) is 14.7 Å². The van der Waals surface area contributed by atoms with E-state index in [1.165, 1.54) is 43.3 Å². The van der Waals surface area contributed by atoms with Crippen molar-refractivity contribution in [3.05, 3.63) is 57.8 Å². The summed E-state index contributed by atoms with van der Waals surface area (Å²) in [6.45, 7) is 2.80. The van der Waals surface area contributed by atoms with Crippen LogP contribution in [0.3, 0.4) is 0 Å². The van der Waals surface area contributed by atoms with Gasteiger partial charge in [-0.2, -0.15) is 5.26 Å². The molecule has 1 fully saturated rings. The van der Waals surface area contributed by atoms with Crippen molar-refractivity contribution in [1.29, 1.82) is 5.26 Å². The van der Waals surface area contributed by atoms with E-state index in [1.807, 2.05) is 6.07 Å². The molecule has 3 amide bonds. The molecule has 0 spiro atoms. The van der Waals surface area contributed by atoms with Gasteiger partial charge in [-0.05, 0) is 53.5 Å². The highest BCUT2D eigenvalue weighted by atomic mass is 79.9. The summed E-state index contributed by atoms with van der Waals surface area (Å²) in [5.41, 5.74) is -0.785. The number of benzene rings is 2. The molecule has 2 aromatic carbocycles. The van der Waals surface area contributed by atoms with Crippen molar-refractivity contribution in [3.63, 3.8) is 0 Å². The summed E-state index contributed by atoms with van der Waals surface area (Å²) in [6, 6.07) is 9.17. The predicted molar refractivity (Wildman–Crippen MR) is 110 cm³/mol. The monoisotopic (exact) mass is 489 g/mol. The second kappa shape index (κ2) is 8.73. The van der Waals surface area contributed by atoms with Gasteiger partial charge in [0.2, 0.25) is 0 Å². The molecule has 1 unspecified atom stereocenters. The number of amides is 3. The first kappa shape index (κ1) is 22.2. The number of hydrogen-bond donors (Lipinski definition) is 1. The van der Waals surface area contributed by atoms with Crippen LogP contribution in [0.2, 0.25) is 0 Å². The third-order valence-corrected chi connectivity index (χ3v) is 5.23. The topological polar surface area (TPSA) is 109 Å². The normalized spacial score (nSPS) is 17.8. The molecule has 1 atom stereocenters. The smallest absolute Gasteiger partial charge is 0.331 e. The highest BCUT2D eigenvalue weighted by Crippen LogP contribution is 2.37. The fourth-order valence-corrected chi connectivity index (χ4v) is 3.61. The van der Waals surface area contributed by atoms with Crippen molar-refractivity contribution in [2.75, 3.05) is 13.2 Å². The van der Waals surface area contributed by atoms with Crippen molar-refractivity contribution in [2.24, 2.45) is 0 Å². The fraction of sp³-hybridized carbons (Fsp3) is 0.238. The Morgan fingerprint density at radius 1 is 1.29 bits per heavy atom. The van der Waals surface area contributed by atoms with E-state index >= 15 is 0 Å². The second-order valence-electron chi connectivity index (χ2n) is 6.76. The summed E-state index contributed by atoms with van der Waals surface area (Å²) in [4.78, 5) is 38.5. The van der Waals surface area contributed by atoms with Gasteiger partial charge in [-0.1, -0.05) is 12.1 Å². The van der Waals surface area contributed by atoms with Gasteiger partial charge in [-0.3, -0.25) is 9.69 Å². The lowest BCUT2D eigenvalue weighted by Gasteiger charge is -2.22.